The first-order valence-electron chi connectivity index (χ1n) is 6.54. The second-order valence-electron chi connectivity index (χ2n) is 6.39. The van der Waals surface area contributed by atoms with Crippen molar-refractivity contribution in [2.45, 2.75) is 33.6 Å². The minimum atomic E-state index is -0.606. The minimum absolute atomic E-state index is 0.0742. The van der Waals surface area contributed by atoms with Crippen molar-refractivity contribution < 1.29 is 9.90 Å². The van der Waals surface area contributed by atoms with Crippen LogP contribution in [-0.2, 0) is 4.79 Å². The van der Waals surface area contributed by atoms with Gasteiger partial charge in [0.25, 0.3) is 0 Å². The fourth-order valence-corrected chi connectivity index (χ4v) is 4.45. The number of fused-ring (bicyclic) bond motifs is 3. The molecule has 0 amide bonds. The highest BCUT2D eigenvalue weighted by molar-refractivity contribution is 5.80. The van der Waals surface area contributed by atoms with E-state index in [9.17, 15) is 9.90 Å². The SMILES string of the molecule is C[C@@H]1CC=CC2=CC[C@@H]3[C@H]([C@]21C)[C@@]3(C)C(=O)O. The Kier molecular flexibility index (Phi) is 1.98. The van der Waals surface area contributed by atoms with Crippen molar-refractivity contribution in [2.24, 2.45) is 28.6 Å². The van der Waals surface area contributed by atoms with Gasteiger partial charge < -0.3 is 5.11 Å². The van der Waals surface area contributed by atoms with Crippen LogP contribution in [-0.4, -0.2) is 11.1 Å². The van der Waals surface area contributed by atoms with Crippen molar-refractivity contribution in [1.29, 1.82) is 0 Å². The lowest BCUT2D eigenvalue weighted by atomic mass is 9.61. The molecule has 2 heteroatoms. The second kappa shape index (κ2) is 3.04. The third-order valence-electron chi connectivity index (χ3n) is 5.84. The molecule has 0 radical (unpaired) electrons. The van der Waals surface area contributed by atoms with E-state index < -0.39 is 11.4 Å². The lowest BCUT2D eigenvalue weighted by molar-refractivity contribution is -0.144. The third-order valence-corrected chi connectivity index (χ3v) is 5.84. The third kappa shape index (κ3) is 1.09. The summed E-state index contributed by atoms with van der Waals surface area (Å²) in [7, 11) is 0. The van der Waals surface area contributed by atoms with Gasteiger partial charge in [-0.05, 0) is 48.5 Å². The molecule has 0 unspecified atom stereocenters. The minimum Gasteiger partial charge on any atom is -0.481 e. The van der Waals surface area contributed by atoms with Crippen LogP contribution in [0.25, 0.3) is 0 Å². The van der Waals surface area contributed by atoms with Gasteiger partial charge in [0.15, 0.2) is 0 Å². The van der Waals surface area contributed by atoms with Crippen LogP contribution in [0.2, 0.25) is 0 Å². The van der Waals surface area contributed by atoms with Gasteiger partial charge in [0, 0.05) is 0 Å². The highest BCUT2D eigenvalue weighted by Crippen LogP contribution is 2.73. The van der Waals surface area contributed by atoms with Gasteiger partial charge in [-0.15, -0.1) is 0 Å². The average molecular weight is 232 g/mol. The Labute approximate surface area is 102 Å². The number of allylic oxidation sites excluding steroid dienone is 4. The molecular formula is C15H20O2. The Morgan fingerprint density at radius 3 is 2.76 bits per heavy atom. The van der Waals surface area contributed by atoms with Crippen molar-refractivity contribution in [3.63, 3.8) is 0 Å². The molecule has 0 aliphatic heterocycles. The van der Waals surface area contributed by atoms with Gasteiger partial charge in [-0.25, -0.2) is 0 Å². The van der Waals surface area contributed by atoms with Crippen LogP contribution < -0.4 is 0 Å². The molecule has 3 aliphatic rings. The Morgan fingerprint density at radius 1 is 1.41 bits per heavy atom. The van der Waals surface area contributed by atoms with Crippen molar-refractivity contribution >= 4 is 5.97 Å². The van der Waals surface area contributed by atoms with E-state index in [2.05, 4.69) is 32.1 Å². The second-order valence-corrected chi connectivity index (χ2v) is 6.39. The maximum absolute atomic E-state index is 11.5. The normalized spacial score (nSPS) is 51.2. The quantitative estimate of drug-likeness (QED) is 0.753. The summed E-state index contributed by atoms with van der Waals surface area (Å²) in [6.45, 7) is 6.48. The Hall–Kier alpha value is -1.05. The van der Waals surface area contributed by atoms with E-state index in [0.29, 0.717) is 17.8 Å². The zero-order valence-electron chi connectivity index (χ0n) is 10.7. The predicted molar refractivity (Wildman–Crippen MR) is 66.5 cm³/mol. The summed E-state index contributed by atoms with van der Waals surface area (Å²) in [6, 6.07) is 0. The van der Waals surface area contributed by atoms with Crippen molar-refractivity contribution in [1.82, 2.24) is 0 Å². The summed E-state index contributed by atoms with van der Waals surface area (Å²) < 4.78 is 0. The summed E-state index contributed by atoms with van der Waals surface area (Å²) in [6.07, 6.45) is 8.75. The number of carboxylic acid groups (broad SMARTS) is 1. The van der Waals surface area contributed by atoms with Crippen LogP contribution in [0.5, 0.6) is 0 Å². The largest absolute Gasteiger partial charge is 0.481 e. The maximum Gasteiger partial charge on any atom is 0.309 e. The van der Waals surface area contributed by atoms with Crippen LogP contribution in [0, 0.1) is 28.6 Å². The van der Waals surface area contributed by atoms with Crippen molar-refractivity contribution in [3.05, 3.63) is 23.8 Å². The van der Waals surface area contributed by atoms with Gasteiger partial charge >= 0.3 is 5.97 Å². The molecule has 0 spiro atoms. The first-order valence-corrected chi connectivity index (χ1v) is 6.54. The fraction of sp³-hybridized carbons (Fsp3) is 0.667. The zero-order chi connectivity index (χ0) is 12.4. The highest BCUT2D eigenvalue weighted by Gasteiger charge is 2.73. The summed E-state index contributed by atoms with van der Waals surface area (Å²) in [4.78, 5) is 11.5. The summed E-state index contributed by atoms with van der Waals surface area (Å²) >= 11 is 0. The monoisotopic (exact) mass is 232 g/mol. The highest BCUT2D eigenvalue weighted by atomic mass is 16.4. The van der Waals surface area contributed by atoms with Gasteiger partial charge in [-0.1, -0.05) is 32.1 Å². The Balaban J connectivity index is 2.07. The van der Waals surface area contributed by atoms with E-state index in [1.165, 1.54) is 5.57 Å². The summed E-state index contributed by atoms with van der Waals surface area (Å²) in [5.74, 6) is 0.619. The van der Waals surface area contributed by atoms with E-state index in [4.69, 9.17) is 0 Å². The molecule has 0 bridgehead atoms. The number of hydrogen-bond donors (Lipinski definition) is 1. The molecule has 2 nitrogen and oxygen atoms in total. The number of hydrogen-bond acceptors (Lipinski definition) is 1. The molecule has 92 valence electrons. The van der Waals surface area contributed by atoms with Gasteiger partial charge in [0.2, 0.25) is 0 Å². The first kappa shape index (κ1) is 11.1. The van der Waals surface area contributed by atoms with E-state index in [1.54, 1.807) is 0 Å². The van der Waals surface area contributed by atoms with Crippen LogP contribution in [0.3, 0.4) is 0 Å². The van der Waals surface area contributed by atoms with E-state index in [0.717, 1.165) is 12.8 Å². The molecule has 0 aromatic carbocycles. The summed E-state index contributed by atoms with van der Waals surface area (Å²) in [5, 5.41) is 9.49. The van der Waals surface area contributed by atoms with Gasteiger partial charge in [-0.2, -0.15) is 0 Å². The van der Waals surface area contributed by atoms with E-state index in [1.807, 2.05) is 6.92 Å². The Morgan fingerprint density at radius 2 is 2.12 bits per heavy atom. The van der Waals surface area contributed by atoms with Gasteiger partial charge in [-0.3, -0.25) is 4.79 Å². The molecule has 3 aliphatic carbocycles. The number of aliphatic carboxylic acids is 1. The number of rotatable bonds is 1. The number of carboxylic acids is 1. The summed E-state index contributed by atoms with van der Waals surface area (Å²) in [5.41, 5.74) is 0.958. The van der Waals surface area contributed by atoms with Gasteiger partial charge in [0.05, 0.1) is 5.41 Å². The molecule has 5 atom stereocenters. The van der Waals surface area contributed by atoms with Crippen LogP contribution >= 0.6 is 0 Å². The molecule has 0 aromatic heterocycles. The standard InChI is InChI=1S/C15H20O2/c1-9-5-4-6-10-7-8-11-12(14(9,10)2)15(11,3)13(16)17/h4,6-7,9,11-12H,5,8H2,1-3H3,(H,16,17)/t9-,11-,12-,14+,15+/m1/s1. The van der Waals surface area contributed by atoms with E-state index in [-0.39, 0.29) is 5.41 Å². The van der Waals surface area contributed by atoms with Crippen molar-refractivity contribution in [3.8, 4) is 0 Å². The van der Waals surface area contributed by atoms with Crippen LogP contribution in [0.4, 0.5) is 0 Å². The van der Waals surface area contributed by atoms with Crippen molar-refractivity contribution in [2.75, 3.05) is 0 Å². The molecule has 1 fully saturated rings. The lowest BCUT2D eigenvalue weighted by Crippen LogP contribution is -2.35. The predicted octanol–water partition coefficient (Wildman–Crippen LogP) is 3.26. The first-order chi connectivity index (χ1) is 7.93. The molecular weight excluding hydrogens is 212 g/mol. The zero-order valence-corrected chi connectivity index (χ0v) is 10.7. The molecule has 1 saturated carbocycles. The molecule has 0 heterocycles. The maximum atomic E-state index is 11.5. The topological polar surface area (TPSA) is 37.3 Å². The Bertz CT molecular complexity index is 448. The fourth-order valence-electron chi connectivity index (χ4n) is 4.45. The molecule has 1 N–H and O–H groups in total. The molecule has 17 heavy (non-hydrogen) atoms. The smallest absolute Gasteiger partial charge is 0.309 e. The van der Waals surface area contributed by atoms with E-state index >= 15 is 0 Å². The van der Waals surface area contributed by atoms with Gasteiger partial charge in [0.1, 0.15) is 0 Å². The number of carbonyl (C=O) groups is 1. The molecule has 0 aromatic rings. The van der Waals surface area contributed by atoms with Crippen LogP contribution in [0.15, 0.2) is 23.8 Å². The molecule has 0 saturated heterocycles. The lowest BCUT2D eigenvalue weighted by Gasteiger charge is -2.42. The van der Waals surface area contributed by atoms with Crippen LogP contribution in [0.1, 0.15) is 33.6 Å². The average Bonchev–Trinajstić information content (AvgIpc) is 2.90. The molecule has 3 rings (SSSR count).